The van der Waals surface area contributed by atoms with E-state index < -0.39 is 17.7 Å². The molecule has 0 radical (unpaired) electrons. The number of hydrogen-bond acceptors (Lipinski definition) is 2. The van der Waals surface area contributed by atoms with Crippen LogP contribution in [0.3, 0.4) is 0 Å². The Hall–Kier alpha value is -1.91. The second-order valence-corrected chi connectivity index (χ2v) is 6.37. The summed E-state index contributed by atoms with van der Waals surface area (Å²) in [5.74, 6) is -2.39. The third-order valence-electron chi connectivity index (χ3n) is 3.06. The molecule has 4 nitrogen and oxygen atoms in total. The Bertz CT molecular complexity index is 508. The molecule has 116 valence electrons. The van der Waals surface area contributed by atoms with E-state index in [2.05, 4.69) is 5.32 Å². The lowest BCUT2D eigenvalue weighted by Gasteiger charge is -2.23. The molecule has 0 aliphatic carbocycles. The van der Waals surface area contributed by atoms with Crippen LogP contribution in [0.2, 0.25) is 0 Å². The minimum Gasteiger partial charge on any atom is -0.481 e. The van der Waals surface area contributed by atoms with Crippen LogP contribution in [0.25, 0.3) is 0 Å². The maximum Gasteiger partial charge on any atom is 0.308 e. The molecule has 1 unspecified atom stereocenters. The van der Waals surface area contributed by atoms with E-state index in [1.165, 1.54) is 6.07 Å². The Balaban J connectivity index is 2.54. The van der Waals surface area contributed by atoms with Crippen LogP contribution in [0.5, 0.6) is 0 Å². The van der Waals surface area contributed by atoms with Crippen molar-refractivity contribution in [2.75, 3.05) is 6.54 Å². The largest absolute Gasteiger partial charge is 0.481 e. The fraction of sp³-hybridized carbons (Fsp3) is 0.500. The van der Waals surface area contributed by atoms with Crippen molar-refractivity contribution < 1.29 is 19.1 Å². The van der Waals surface area contributed by atoms with Crippen molar-refractivity contribution in [2.24, 2.45) is 11.3 Å². The molecule has 1 atom stereocenters. The second-order valence-electron chi connectivity index (χ2n) is 6.37. The first kappa shape index (κ1) is 17.1. The van der Waals surface area contributed by atoms with Gasteiger partial charge in [-0.05, 0) is 23.5 Å². The van der Waals surface area contributed by atoms with E-state index in [9.17, 15) is 19.1 Å². The van der Waals surface area contributed by atoms with Gasteiger partial charge in [-0.1, -0.05) is 39.0 Å². The van der Waals surface area contributed by atoms with Crippen LogP contribution in [0.1, 0.15) is 32.8 Å². The molecule has 1 rings (SSSR count). The van der Waals surface area contributed by atoms with Gasteiger partial charge in [-0.25, -0.2) is 4.39 Å². The molecule has 2 N–H and O–H groups in total. The molecule has 1 aromatic rings. The quantitative estimate of drug-likeness (QED) is 0.848. The number of benzene rings is 1. The number of carboxylic acids is 1. The first-order valence-electron chi connectivity index (χ1n) is 6.92. The average molecular weight is 295 g/mol. The van der Waals surface area contributed by atoms with Crippen LogP contribution < -0.4 is 5.32 Å². The van der Waals surface area contributed by atoms with Crippen LogP contribution in [0, 0.1) is 17.2 Å². The van der Waals surface area contributed by atoms with Crippen LogP contribution in [0.4, 0.5) is 4.39 Å². The highest BCUT2D eigenvalue weighted by Crippen LogP contribution is 2.24. The molecule has 0 saturated carbocycles. The van der Waals surface area contributed by atoms with Crippen molar-refractivity contribution in [2.45, 2.75) is 33.6 Å². The Morgan fingerprint density at radius 1 is 1.29 bits per heavy atom. The van der Waals surface area contributed by atoms with E-state index in [-0.39, 0.29) is 24.3 Å². The smallest absolute Gasteiger partial charge is 0.308 e. The van der Waals surface area contributed by atoms with E-state index in [1.54, 1.807) is 18.2 Å². The normalized spacial score (nSPS) is 12.8. The van der Waals surface area contributed by atoms with Gasteiger partial charge in [0.05, 0.1) is 12.3 Å². The lowest BCUT2D eigenvalue weighted by atomic mass is 9.84. The summed E-state index contributed by atoms with van der Waals surface area (Å²) >= 11 is 0. The Kier molecular flexibility index (Phi) is 5.88. The van der Waals surface area contributed by atoms with Gasteiger partial charge in [0.25, 0.3) is 0 Å². The molecular formula is C16H22FNO3. The summed E-state index contributed by atoms with van der Waals surface area (Å²) in [5.41, 5.74) is 0.164. The SMILES string of the molecule is CC(C)(C)CC(CNC(=O)Cc1ccccc1F)C(=O)O. The highest BCUT2D eigenvalue weighted by atomic mass is 19.1. The van der Waals surface area contributed by atoms with Crippen molar-refractivity contribution in [3.05, 3.63) is 35.6 Å². The number of hydrogen-bond donors (Lipinski definition) is 2. The summed E-state index contributed by atoms with van der Waals surface area (Å²) in [5, 5.41) is 11.7. The van der Waals surface area contributed by atoms with Gasteiger partial charge < -0.3 is 10.4 Å². The predicted octanol–water partition coefficient (Wildman–Crippen LogP) is 2.62. The Labute approximate surface area is 124 Å². The Morgan fingerprint density at radius 2 is 1.90 bits per heavy atom. The highest BCUT2D eigenvalue weighted by Gasteiger charge is 2.25. The van der Waals surface area contributed by atoms with Gasteiger partial charge in [0.1, 0.15) is 5.82 Å². The molecule has 1 aromatic carbocycles. The van der Waals surface area contributed by atoms with Crippen molar-refractivity contribution in [1.29, 1.82) is 0 Å². The van der Waals surface area contributed by atoms with Gasteiger partial charge in [-0.15, -0.1) is 0 Å². The summed E-state index contributed by atoms with van der Waals surface area (Å²) in [4.78, 5) is 23.0. The van der Waals surface area contributed by atoms with E-state index in [4.69, 9.17) is 0 Å². The summed E-state index contributed by atoms with van der Waals surface area (Å²) < 4.78 is 13.4. The molecule has 0 fully saturated rings. The zero-order chi connectivity index (χ0) is 16.0. The van der Waals surface area contributed by atoms with Crippen LogP contribution in [-0.4, -0.2) is 23.5 Å². The molecule has 0 aromatic heterocycles. The molecule has 0 bridgehead atoms. The monoisotopic (exact) mass is 295 g/mol. The number of aliphatic carboxylic acids is 1. The van der Waals surface area contributed by atoms with Crippen LogP contribution >= 0.6 is 0 Å². The minimum atomic E-state index is -0.934. The number of halogens is 1. The van der Waals surface area contributed by atoms with Gasteiger partial charge in [-0.3, -0.25) is 9.59 Å². The zero-order valence-corrected chi connectivity index (χ0v) is 12.6. The van der Waals surface area contributed by atoms with Gasteiger partial charge in [0.15, 0.2) is 0 Å². The number of carbonyl (C=O) groups excluding carboxylic acids is 1. The molecule has 0 aliphatic heterocycles. The fourth-order valence-electron chi connectivity index (χ4n) is 2.10. The zero-order valence-electron chi connectivity index (χ0n) is 12.6. The molecule has 0 heterocycles. The second kappa shape index (κ2) is 7.20. The lowest BCUT2D eigenvalue weighted by Crippen LogP contribution is -2.35. The number of rotatable bonds is 6. The summed E-state index contributed by atoms with van der Waals surface area (Å²) in [7, 11) is 0. The van der Waals surface area contributed by atoms with E-state index in [1.807, 2.05) is 20.8 Å². The van der Waals surface area contributed by atoms with Crippen molar-refractivity contribution >= 4 is 11.9 Å². The van der Waals surface area contributed by atoms with E-state index >= 15 is 0 Å². The predicted molar refractivity (Wildman–Crippen MR) is 78.3 cm³/mol. The third kappa shape index (κ3) is 6.38. The summed E-state index contributed by atoms with van der Waals surface area (Å²) in [6.07, 6.45) is 0.372. The molecule has 0 saturated heterocycles. The van der Waals surface area contributed by atoms with E-state index in [0.717, 1.165) is 0 Å². The molecule has 1 amide bonds. The first-order chi connectivity index (χ1) is 9.69. The van der Waals surface area contributed by atoms with E-state index in [0.29, 0.717) is 12.0 Å². The molecule has 0 aliphatic rings. The standard InChI is InChI=1S/C16H22FNO3/c1-16(2,3)9-12(15(20)21)10-18-14(19)8-11-6-4-5-7-13(11)17/h4-7,12H,8-10H2,1-3H3,(H,18,19)(H,20,21). The van der Waals surface area contributed by atoms with Gasteiger partial charge in [0.2, 0.25) is 5.91 Å². The summed E-state index contributed by atoms with van der Waals surface area (Å²) in [6, 6.07) is 6.05. The third-order valence-corrected chi connectivity index (χ3v) is 3.06. The number of carboxylic acid groups (broad SMARTS) is 1. The topological polar surface area (TPSA) is 66.4 Å². The number of amides is 1. The first-order valence-corrected chi connectivity index (χ1v) is 6.92. The fourth-order valence-corrected chi connectivity index (χ4v) is 2.10. The average Bonchev–Trinajstić information content (AvgIpc) is 2.35. The lowest BCUT2D eigenvalue weighted by molar-refractivity contribution is -0.142. The van der Waals surface area contributed by atoms with Crippen molar-refractivity contribution in [3.8, 4) is 0 Å². The van der Waals surface area contributed by atoms with Crippen LogP contribution in [0.15, 0.2) is 24.3 Å². The molecule has 21 heavy (non-hydrogen) atoms. The highest BCUT2D eigenvalue weighted by molar-refractivity contribution is 5.79. The number of carbonyl (C=O) groups is 2. The van der Waals surface area contributed by atoms with Gasteiger partial charge in [-0.2, -0.15) is 0 Å². The van der Waals surface area contributed by atoms with Crippen molar-refractivity contribution in [3.63, 3.8) is 0 Å². The molecule has 0 spiro atoms. The Morgan fingerprint density at radius 3 is 2.43 bits per heavy atom. The maximum atomic E-state index is 13.4. The van der Waals surface area contributed by atoms with Crippen molar-refractivity contribution in [1.82, 2.24) is 5.32 Å². The molecule has 5 heteroatoms. The summed E-state index contributed by atoms with van der Waals surface area (Å²) in [6.45, 7) is 5.90. The number of nitrogens with one attached hydrogen (secondary N) is 1. The van der Waals surface area contributed by atoms with Crippen LogP contribution in [-0.2, 0) is 16.0 Å². The maximum absolute atomic E-state index is 13.4. The van der Waals surface area contributed by atoms with Gasteiger partial charge in [0, 0.05) is 6.54 Å². The minimum absolute atomic E-state index is 0.0554. The van der Waals surface area contributed by atoms with Gasteiger partial charge >= 0.3 is 5.97 Å². The molecular weight excluding hydrogens is 273 g/mol.